The minimum absolute atomic E-state index is 0.0211. The van der Waals surface area contributed by atoms with Gasteiger partial charge in [-0.05, 0) is 37.4 Å². The van der Waals surface area contributed by atoms with E-state index in [9.17, 15) is 9.59 Å². The maximum atomic E-state index is 11.8. The molecule has 2 rings (SSSR count). The maximum Gasteiger partial charge on any atom is 0.323 e. The maximum absolute atomic E-state index is 11.8. The Balaban J connectivity index is 1.97. The van der Waals surface area contributed by atoms with Gasteiger partial charge in [-0.2, -0.15) is 0 Å². The molecule has 1 fully saturated rings. The summed E-state index contributed by atoms with van der Waals surface area (Å²) in [7, 11) is 0. The first kappa shape index (κ1) is 17.9. The number of halogens is 1. The molecule has 0 aliphatic carbocycles. The van der Waals surface area contributed by atoms with E-state index in [0.29, 0.717) is 0 Å². The minimum Gasteiger partial charge on any atom is -0.480 e. The highest BCUT2D eigenvalue weighted by atomic mass is 79.9. The summed E-state index contributed by atoms with van der Waals surface area (Å²) >= 11 is 3.58. The standard InChI is InChI=1S/C17H23BrN2O3/c1-13(21)20(12-17(22)23)15-6-4-9-19(10-8-15)11-14-5-2-3-7-16(14)18/h2-3,5,7,15H,4,6,8-12H2,1H3,(H,22,23). The molecule has 1 unspecified atom stereocenters. The highest BCUT2D eigenvalue weighted by Crippen LogP contribution is 2.22. The van der Waals surface area contributed by atoms with Crippen molar-refractivity contribution in [3.05, 3.63) is 34.3 Å². The van der Waals surface area contributed by atoms with E-state index in [1.54, 1.807) is 0 Å². The fourth-order valence-corrected chi connectivity index (χ4v) is 3.53. The monoisotopic (exact) mass is 382 g/mol. The average Bonchev–Trinajstić information content (AvgIpc) is 2.72. The lowest BCUT2D eigenvalue weighted by Crippen LogP contribution is -2.42. The van der Waals surface area contributed by atoms with Crippen LogP contribution >= 0.6 is 15.9 Å². The Morgan fingerprint density at radius 3 is 2.70 bits per heavy atom. The molecule has 0 bridgehead atoms. The first-order valence-corrected chi connectivity index (χ1v) is 8.71. The van der Waals surface area contributed by atoms with Crippen LogP contribution in [0.2, 0.25) is 0 Å². The van der Waals surface area contributed by atoms with Gasteiger partial charge in [0.2, 0.25) is 5.91 Å². The summed E-state index contributed by atoms with van der Waals surface area (Å²) in [6.45, 7) is 3.95. The van der Waals surface area contributed by atoms with Crippen LogP contribution in [0.5, 0.6) is 0 Å². The van der Waals surface area contributed by atoms with Gasteiger partial charge in [0, 0.05) is 30.5 Å². The number of likely N-dealkylation sites (tertiary alicyclic amines) is 1. The number of carboxylic acid groups (broad SMARTS) is 1. The van der Waals surface area contributed by atoms with Gasteiger partial charge in [-0.3, -0.25) is 14.5 Å². The summed E-state index contributed by atoms with van der Waals surface area (Å²) < 4.78 is 1.11. The molecule has 5 nitrogen and oxygen atoms in total. The van der Waals surface area contributed by atoms with Crippen molar-refractivity contribution in [3.8, 4) is 0 Å². The van der Waals surface area contributed by atoms with Crippen molar-refractivity contribution in [2.24, 2.45) is 0 Å². The van der Waals surface area contributed by atoms with Gasteiger partial charge in [-0.15, -0.1) is 0 Å². The molecule has 0 aromatic heterocycles. The van der Waals surface area contributed by atoms with Crippen molar-refractivity contribution in [1.29, 1.82) is 0 Å². The molecule has 1 atom stereocenters. The summed E-state index contributed by atoms with van der Waals surface area (Å²) in [6.07, 6.45) is 2.65. The molecule has 1 aromatic carbocycles. The van der Waals surface area contributed by atoms with Crippen molar-refractivity contribution in [3.63, 3.8) is 0 Å². The number of aliphatic carboxylic acids is 1. The zero-order valence-electron chi connectivity index (χ0n) is 13.4. The summed E-state index contributed by atoms with van der Waals surface area (Å²) in [5, 5.41) is 9.00. The van der Waals surface area contributed by atoms with Gasteiger partial charge in [0.25, 0.3) is 0 Å². The van der Waals surface area contributed by atoms with Crippen LogP contribution in [0.1, 0.15) is 31.7 Å². The summed E-state index contributed by atoms with van der Waals surface area (Å²) in [5.41, 5.74) is 1.25. The Kier molecular flexibility index (Phi) is 6.59. The molecule has 1 amide bonds. The fourth-order valence-electron chi connectivity index (χ4n) is 3.12. The molecule has 1 aliphatic heterocycles. The van der Waals surface area contributed by atoms with Gasteiger partial charge in [0.15, 0.2) is 0 Å². The van der Waals surface area contributed by atoms with Gasteiger partial charge in [0.1, 0.15) is 6.54 Å². The van der Waals surface area contributed by atoms with E-state index < -0.39 is 5.97 Å². The highest BCUT2D eigenvalue weighted by molar-refractivity contribution is 9.10. The number of nitrogens with zero attached hydrogens (tertiary/aromatic N) is 2. The van der Waals surface area contributed by atoms with E-state index in [1.807, 2.05) is 18.2 Å². The van der Waals surface area contributed by atoms with Gasteiger partial charge in [-0.25, -0.2) is 0 Å². The highest BCUT2D eigenvalue weighted by Gasteiger charge is 2.26. The van der Waals surface area contributed by atoms with Crippen LogP contribution in [0.3, 0.4) is 0 Å². The summed E-state index contributed by atoms with van der Waals surface area (Å²) in [4.78, 5) is 26.6. The number of hydrogen-bond donors (Lipinski definition) is 1. The smallest absolute Gasteiger partial charge is 0.323 e. The van der Waals surface area contributed by atoms with E-state index in [2.05, 4.69) is 26.9 Å². The molecule has 6 heteroatoms. The quantitative estimate of drug-likeness (QED) is 0.850. The number of carboxylic acids is 1. The van der Waals surface area contributed by atoms with E-state index in [0.717, 1.165) is 43.4 Å². The molecule has 1 aliphatic rings. The molecule has 1 aromatic rings. The lowest BCUT2D eigenvalue weighted by atomic mass is 10.1. The Morgan fingerprint density at radius 2 is 2.04 bits per heavy atom. The molecule has 0 saturated carbocycles. The second-order valence-electron chi connectivity index (χ2n) is 5.99. The van der Waals surface area contributed by atoms with Gasteiger partial charge in [0.05, 0.1) is 0 Å². The van der Waals surface area contributed by atoms with Gasteiger partial charge >= 0.3 is 5.97 Å². The van der Waals surface area contributed by atoms with Crippen molar-refractivity contribution >= 4 is 27.8 Å². The zero-order chi connectivity index (χ0) is 16.8. The topological polar surface area (TPSA) is 60.9 Å². The molecular formula is C17H23BrN2O3. The first-order valence-electron chi connectivity index (χ1n) is 7.92. The number of rotatable bonds is 5. The third kappa shape index (κ3) is 5.32. The van der Waals surface area contributed by atoms with Crippen molar-refractivity contribution < 1.29 is 14.7 Å². The SMILES string of the molecule is CC(=O)N(CC(=O)O)C1CCCN(Cc2ccccc2Br)CC1. The Labute approximate surface area is 145 Å². The van der Waals surface area contributed by atoms with Crippen LogP contribution in [-0.2, 0) is 16.1 Å². The molecule has 23 heavy (non-hydrogen) atoms. The van der Waals surface area contributed by atoms with E-state index in [1.165, 1.54) is 17.4 Å². The molecule has 126 valence electrons. The average molecular weight is 383 g/mol. The third-order valence-corrected chi connectivity index (χ3v) is 5.07. The molecule has 0 spiro atoms. The Hall–Kier alpha value is -1.40. The van der Waals surface area contributed by atoms with Crippen LogP contribution in [0, 0.1) is 0 Å². The van der Waals surface area contributed by atoms with Crippen LogP contribution in [0.4, 0.5) is 0 Å². The van der Waals surface area contributed by atoms with Gasteiger partial charge < -0.3 is 10.0 Å². The van der Waals surface area contributed by atoms with E-state index in [4.69, 9.17) is 5.11 Å². The Bertz CT molecular complexity index is 565. The number of carbonyl (C=O) groups excluding carboxylic acids is 1. The van der Waals surface area contributed by atoms with Crippen molar-refractivity contribution in [1.82, 2.24) is 9.80 Å². The molecule has 1 saturated heterocycles. The number of hydrogen-bond acceptors (Lipinski definition) is 3. The summed E-state index contributed by atoms with van der Waals surface area (Å²) in [5.74, 6) is -1.11. The molecule has 1 heterocycles. The van der Waals surface area contributed by atoms with Crippen LogP contribution < -0.4 is 0 Å². The van der Waals surface area contributed by atoms with Crippen LogP contribution in [-0.4, -0.2) is 52.5 Å². The van der Waals surface area contributed by atoms with Crippen LogP contribution in [0.25, 0.3) is 0 Å². The van der Waals surface area contributed by atoms with Gasteiger partial charge in [-0.1, -0.05) is 34.1 Å². The molecule has 1 N–H and O–H groups in total. The predicted molar refractivity (Wildman–Crippen MR) is 92.1 cm³/mol. The second kappa shape index (κ2) is 8.45. The largest absolute Gasteiger partial charge is 0.480 e. The fraction of sp³-hybridized carbons (Fsp3) is 0.529. The van der Waals surface area contributed by atoms with E-state index in [-0.39, 0.29) is 18.5 Å². The number of carbonyl (C=O) groups is 2. The first-order chi connectivity index (χ1) is 11.0. The molecular weight excluding hydrogens is 360 g/mol. The van der Waals surface area contributed by atoms with Crippen LogP contribution in [0.15, 0.2) is 28.7 Å². The lowest BCUT2D eigenvalue weighted by Gasteiger charge is -2.29. The Morgan fingerprint density at radius 1 is 1.30 bits per heavy atom. The second-order valence-corrected chi connectivity index (χ2v) is 6.85. The van der Waals surface area contributed by atoms with Crippen molar-refractivity contribution in [2.75, 3.05) is 19.6 Å². The van der Waals surface area contributed by atoms with Crippen molar-refractivity contribution in [2.45, 2.75) is 38.8 Å². The summed E-state index contributed by atoms with van der Waals surface area (Å²) in [6, 6.07) is 8.21. The minimum atomic E-state index is -0.950. The molecule has 0 radical (unpaired) electrons. The predicted octanol–water partition coefficient (Wildman–Crippen LogP) is 2.74. The van der Waals surface area contributed by atoms with E-state index >= 15 is 0 Å². The number of benzene rings is 1. The zero-order valence-corrected chi connectivity index (χ0v) is 15.0. The number of amides is 1. The lowest BCUT2D eigenvalue weighted by molar-refractivity contribution is -0.145. The normalized spacial score (nSPS) is 19.1. The third-order valence-electron chi connectivity index (χ3n) is 4.29.